The monoisotopic (exact) mass is 382 g/mol. The molecule has 0 bridgehead atoms. The standard InChI is InChI=1S/C21H26N4O3/c1-3-10-25-15(2)17(13-23-25)20(27)24-11-8-21(9-12-24)14-22-19(26)16-6-4-5-7-18(16)28-21/h4-7,13H,3,8-12,14H2,1-2H3,(H,22,26). The Morgan fingerprint density at radius 1 is 1.29 bits per heavy atom. The SMILES string of the molecule is CCCn1ncc(C(=O)N2CCC3(CC2)CNC(=O)c2ccccc2O3)c1C. The van der Waals surface area contributed by atoms with E-state index < -0.39 is 5.60 Å². The summed E-state index contributed by atoms with van der Waals surface area (Å²) >= 11 is 0. The fraction of sp³-hybridized carbons (Fsp3) is 0.476. The summed E-state index contributed by atoms with van der Waals surface area (Å²) in [6.07, 6.45) is 4.01. The normalized spacial score (nSPS) is 18.2. The molecule has 0 unspecified atom stereocenters. The number of nitrogens with zero attached hydrogens (tertiary/aromatic N) is 3. The summed E-state index contributed by atoms with van der Waals surface area (Å²) in [5, 5.41) is 7.33. The molecule has 1 N–H and O–H groups in total. The van der Waals surface area contributed by atoms with Gasteiger partial charge in [-0.3, -0.25) is 14.3 Å². The summed E-state index contributed by atoms with van der Waals surface area (Å²) in [4.78, 5) is 27.2. The number of hydrogen-bond acceptors (Lipinski definition) is 4. The summed E-state index contributed by atoms with van der Waals surface area (Å²) in [5.41, 5.74) is 1.68. The molecular weight excluding hydrogens is 356 g/mol. The molecule has 3 heterocycles. The number of piperidine rings is 1. The van der Waals surface area contributed by atoms with Crippen molar-refractivity contribution >= 4 is 11.8 Å². The first-order valence-electron chi connectivity index (χ1n) is 9.91. The topological polar surface area (TPSA) is 76.5 Å². The van der Waals surface area contributed by atoms with E-state index >= 15 is 0 Å². The van der Waals surface area contributed by atoms with Crippen molar-refractivity contribution in [1.82, 2.24) is 20.0 Å². The number of para-hydroxylation sites is 1. The van der Waals surface area contributed by atoms with Crippen LogP contribution in [0.4, 0.5) is 0 Å². The van der Waals surface area contributed by atoms with Gasteiger partial charge >= 0.3 is 0 Å². The molecule has 2 aliphatic heterocycles. The molecule has 2 amide bonds. The second kappa shape index (κ2) is 7.30. The van der Waals surface area contributed by atoms with Crippen LogP contribution in [0.2, 0.25) is 0 Å². The molecule has 28 heavy (non-hydrogen) atoms. The van der Waals surface area contributed by atoms with Crippen LogP contribution in [-0.4, -0.2) is 51.7 Å². The van der Waals surface area contributed by atoms with Crippen LogP contribution < -0.4 is 10.1 Å². The molecule has 0 radical (unpaired) electrons. The van der Waals surface area contributed by atoms with Crippen molar-refractivity contribution in [3.05, 3.63) is 47.3 Å². The van der Waals surface area contributed by atoms with Gasteiger partial charge < -0.3 is 15.0 Å². The number of aromatic nitrogens is 2. The first kappa shape index (κ1) is 18.5. The number of likely N-dealkylation sites (tertiary alicyclic amines) is 1. The minimum atomic E-state index is -0.472. The fourth-order valence-corrected chi connectivity index (χ4v) is 4.01. The van der Waals surface area contributed by atoms with E-state index in [-0.39, 0.29) is 11.8 Å². The molecule has 4 rings (SSSR count). The maximum atomic E-state index is 13.0. The second-order valence-electron chi connectivity index (χ2n) is 7.62. The number of hydrogen-bond donors (Lipinski definition) is 1. The van der Waals surface area contributed by atoms with Crippen LogP contribution in [0, 0.1) is 6.92 Å². The molecule has 1 fully saturated rings. The number of aryl methyl sites for hydroxylation is 1. The molecule has 1 aromatic carbocycles. The first-order valence-corrected chi connectivity index (χ1v) is 9.91. The average molecular weight is 382 g/mol. The second-order valence-corrected chi connectivity index (χ2v) is 7.62. The van der Waals surface area contributed by atoms with Gasteiger partial charge in [0, 0.05) is 38.2 Å². The number of benzene rings is 1. The lowest BCUT2D eigenvalue weighted by molar-refractivity contribution is 0.00769. The molecule has 0 saturated carbocycles. The number of rotatable bonds is 3. The van der Waals surface area contributed by atoms with E-state index in [2.05, 4.69) is 17.3 Å². The molecule has 148 valence electrons. The highest BCUT2D eigenvalue weighted by atomic mass is 16.5. The van der Waals surface area contributed by atoms with Gasteiger partial charge in [0.2, 0.25) is 0 Å². The molecule has 7 heteroatoms. The Morgan fingerprint density at radius 2 is 2.04 bits per heavy atom. The molecule has 2 aliphatic rings. The molecule has 1 aromatic heterocycles. The number of fused-ring (bicyclic) bond motifs is 1. The molecular formula is C21H26N4O3. The zero-order valence-electron chi connectivity index (χ0n) is 16.4. The van der Waals surface area contributed by atoms with Crippen LogP contribution in [0.1, 0.15) is 52.6 Å². The minimum absolute atomic E-state index is 0.0211. The highest BCUT2D eigenvalue weighted by molar-refractivity contribution is 5.97. The highest BCUT2D eigenvalue weighted by Gasteiger charge is 2.41. The van der Waals surface area contributed by atoms with Crippen molar-refractivity contribution in [3.63, 3.8) is 0 Å². The van der Waals surface area contributed by atoms with Gasteiger partial charge in [0.15, 0.2) is 0 Å². The minimum Gasteiger partial charge on any atom is -0.484 e. The number of carbonyl (C=O) groups excluding carboxylic acids is 2. The van der Waals surface area contributed by atoms with Gasteiger partial charge in [-0.2, -0.15) is 5.10 Å². The predicted octanol–water partition coefficient (Wildman–Crippen LogP) is 2.40. The highest BCUT2D eigenvalue weighted by Crippen LogP contribution is 2.33. The van der Waals surface area contributed by atoms with Crippen LogP contribution in [0.5, 0.6) is 5.75 Å². The Balaban J connectivity index is 1.47. The van der Waals surface area contributed by atoms with Crippen molar-refractivity contribution in [3.8, 4) is 5.75 Å². The van der Waals surface area contributed by atoms with E-state index in [0.29, 0.717) is 49.4 Å². The van der Waals surface area contributed by atoms with Crippen molar-refractivity contribution in [2.24, 2.45) is 0 Å². The van der Waals surface area contributed by atoms with Crippen LogP contribution in [0.25, 0.3) is 0 Å². The average Bonchev–Trinajstić information content (AvgIpc) is 3.00. The molecule has 1 saturated heterocycles. The summed E-state index contributed by atoms with van der Waals surface area (Å²) in [6.45, 7) is 6.49. The number of ether oxygens (including phenoxy) is 1. The van der Waals surface area contributed by atoms with Gasteiger partial charge in [-0.15, -0.1) is 0 Å². The van der Waals surface area contributed by atoms with E-state index in [1.807, 2.05) is 34.7 Å². The summed E-state index contributed by atoms with van der Waals surface area (Å²) in [7, 11) is 0. The zero-order valence-corrected chi connectivity index (χ0v) is 16.4. The first-order chi connectivity index (χ1) is 13.5. The molecule has 2 aromatic rings. The maximum absolute atomic E-state index is 13.0. The Kier molecular flexibility index (Phi) is 4.83. The zero-order chi connectivity index (χ0) is 19.7. The third kappa shape index (κ3) is 3.25. The van der Waals surface area contributed by atoms with Crippen molar-refractivity contribution < 1.29 is 14.3 Å². The lowest BCUT2D eigenvalue weighted by Gasteiger charge is -2.41. The van der Waals surface area contributed by atoms with E-state index in [0.717, 1.165) is 18.7 Å². The van der Waals surface area contributed by atoms with Gasteiger partial charge in [-0.1, -0.05) is 19.1 Å². The number of amides is 2. The largest absolute Gasteiger partial charge is 0.484 e. The van der Waals surface area contributed by atoms with Crippen LogP contribution >= 0.6 is 0 Å². The molecule has 0 aliphatic carbocycles. The summed E-state index contributed by atoms with van der Waals surface area (Å²) in [5.74, 6) is 0.534. The Bertz CT molecular complexity index is 897. The quantitative estimate of drug-likeness (QED) is 0.884. The number of carbonyl (C=O) groups is 2. The lowest BCUT2D eigenvalue weighted by Crippen LogP contribution is -2.54. The molecule has 1 spiro atoms. The summed E-state index contributed by atoms with van der Waals surface area (Å²) < 4.78 is 8.20. The van der Waals surface area contributed by atoms with Crippen molar-refractivity contribution in [2.75, 3.05) is 19.6 Å². The van der Waals surface area contributed by atoms with E-state index in [4.69, 9.17) is 4.74 Å². The van der Waals surface area contributed by atoms with Gasteiger partial charge in [-0.25, -0.2) is 0 Å². The van der Waals surface area contributed by atoms with Crippen molar-refractivity contribution in [2.45, 2.75) is 45.3 Å². The van der Waals surface area contributed by atoms with E-state index in [9.17, 15) is 9.59 Å². The van der Waals surface area contributed by atoms with Gasteiger partial charge in [0.05, 0.1) is 23.9 Å². The third-order valence-corrected chi connectivity index (χ3v) is 5.76. The van der Waals surface area contributed by atoms with Crippen LogP contribution in [0.3, 0.4) is 0 Å². The Labute approximate surface area is 164 Å². The summed E-state index contributed by atoms with van der Waals surface area (Å²) in [6, 6.07) is 7.33. The van der Waals surface area contributed by atoms with Crippen molar-refractivity contribution in [1.29, 1.82) is 0 Å². The van der Waals surface area contributed by atoms with Gasteiger partial charge in [0.25, 0.3) is 11.8 Å². The van der Waals surface area contributed by atoms with Crippen LogP contribution in [-0.2, 0) is 6.54 Å². The van der Waals surface area contributed by atoms with Crippen LogP contribution in [0.15, 0.2) is 30.5 Å². The van der Waals surface area contributed by atoms with Gasteiger partial charge in [0.1, 0.15) is 11.4 Å². The third-order valence-electron chi connectivity index (χ3n) is 5.76. The van der Waals surface area contributed by atoms with Gasteiger partial charge in [-0.05, 0) is 25.5 Å². The van der Waals surface area contributed by atoms with E-state index in [1.54, 1.807) is 12.3 Å². The Morgan fingerprint density at radius 3 is 2.79 bits per heavy atom. The fourth-order valence-electron chi connectivity index (χ4n) is 4.01. The Hall–Kier alpha value is -2.83. The predicted molar refractivity (Wildman–Crippen MR) is 105 cm³/mol. The van der Waals surface area contributed by atoms with E-state index in [1.165, 1.54) is 0 Å². The smallest absolute Gasteiger partial charge is 0.257 e. The molecule has 0 atom stereocenters. The number of nitrogens with one attached hydrogen (secondary N) is 1. The lowest BCUT2D eigenvalue weighted by atomic mass is 9.90. The molecule has 7 nitrogen and oxygen atoms in total. The maximum Gasteiger partial charge on any atom is 0.257 e.